The molecule has 0 amide bonds. The van der Waals surface area contributed by atoms with Crippen LogP contribution in [0.3, 0.4) is 0 Å². The molecular formula is C23H30O2. The van der Waals surface area contributed by atoms with Crippen LogP contribution in [0, 0.1) is 5.92 Å². The zero-order valence-electron chi connectivity index (χ0n) is 15.5. The quantitative estimate of drug-likeness (QED) is 0.580. The molecule has 1 aliphatic rings. The molecule has 1 saturated heterocycles. The van der Waals surface area contributed by atoms with Gasteiger partial charge in [-0.15, -0.1) is 0 Å². The van der Waals surface area contributed by atoms with Gasteiger partial charge >= 0.3 is 0 Å². The van der Waals surface area contributed by atoms with Crippen molar-refractivity contribution in [1.29, 1.82) is 0 Å². The molecule has 1 aliphatic heterocycles. The van der Waals surface area contributed by atoms with Crippen molar-refractivity contribution in [3.05, 3.63) is 54.1 Å². The first-order chi connectivity index (χ1) is 12.3. The van der Waals surface area contributed by atoms with Gasteiger partial charge in [0, 0.05) is 0 Å². The monoisotopic (exact) mass is 338 g/mol. The van der Waals surface area contributed by atoms with Crippen LogP contribution in [-0.2, 0) is 4.74 Å². The molecule has 25 heavy (non-hydrogen) atoms. The summed E-state index contributed by atoms with van der Waals surface area (Å²) in [7, 11) is 0. The van der Waals surface area contributed by atoms with Crippen molar-refractivity contribution in [2.24, 2.45) is 5.92 Å². The molecule has 0 aliphatic carbocycles. The lowest BCUT2D eigenvalue weighted by atomic mass is 9.91. The molecule has 2 heteroatoms. The van der Waals surface area contributed by atoms with E-state index in [0.717, 1.165) is 24.7 Å². The van der Waals surface area contributed by atoms with Crippen LogP contribution in [0.5, 0.6) is 5.75 Å². The fourth-order valence-electron chi connectivity index (χ4n) is 3.59. The average Bonchev–Trinajstić information content (AvgIpc) is 2.68. The number of unbranched alkanes of at least 4 members (excludes halogenated alkanes) is 1. The van der Waals surface area contributed by atoms with Gasteiger partial charge in [0.05, 0.1) is 19.3 Å². The molecule has 3 rings (SSSR count). The number of benzene rings is 2. The Hall–Kier alpha value is -1.80. The second-order valence-corrected chi connectivity index (χ2v) is 6.99. The molecule has 0 spiro atoms. The van der Waals surface area contributed by atoms with E-state index in [2.05, 4.69) is 43.3 Å². The van der Waals surface area contributed by atoms with E-state index in [-0.39, 0.29) is 6.10 Å². The van der Waals surface area contributed by atoms with Crippen LogP contribution in [0.1, 0.15) is 57.6 Å². The lowest BCUT2D eigenvalue weighted by Crippen LogP contribution is -2.20. The smallest absolute Gasteiger partial charge is 0.119 e. The first kappa shape index (κ1) is 18.0. The van der Waals surface area contributed by atoms with Crippen molar-refractivity contribution in [2.75, 3.05) is 13.2 Å². The normalized spacial score (nSPS) is 20.4. The molecule has 0 bridgehead atoms. The fourth-order valence-corrected chi connectivity index (χ4v) is 3.59. The third kappa shape index (κ3) is 4.85. The van der Waals surface area contributed by atoms with Gasteiger partial charge < -0.3 is 9.47 Å². The lowest BCUT2D eigenvalue weighted by molar-refractivity contribution is -0.0197. The largest absolute Gasteiger partial charge is 0.494 e. The van der Waals surface area contributed by atoms with Gasteiger partial charge in [0.15, 0.2) is 0 Å². The standard InChI is InChI=1S/C23H30O2/c1-3-5-6-18-7-16-23(25-17-18)21-10-8-19(9-11-21)20-12-14-22(15-13-20)24-4-2/h8-15,18,23H,3-7,16-17H2,1-2H3. The molecule has 0 saturated carbocycles. The third-order valence-electron chi connectivity index (χ3n) is 5.12. The summed E-state index contributed by atoms with van der Waals surface area (Å²) in [6.45, 7) is 5.89. The van der Waals surface area contributed by atoms with Crippen molar-refractivity contribution in [1.82, 2.24) is 0 Å². The second-order valence-electron chi connectivity index (χ2n) is 6.99. The minimum Gasteiger partial charge on any atom is -0.494 e. The Balaban J connectivity index is 1.59. The summed E-state index contributed by atoms with van der Waals surface area (Å²) in [5, 5.41) is 0. The van der Waals surface area contributed by atoms with Crippen molar-refractivity contribution in [3.8, 4) is 16.9 Å². The van der Waals surface area contributed by atoms with Crippen LogP contribution in [0.4, 0.5) is 0 Å². The fraction of sp³-hybridized carbons (Fsp3) is 0.478. The molecule has 2 atom stereocenters. The van der Waals surface area contributed by atoms with E-state index in [1.807, 2.05) is 19.1 Å². The summed E-state index contributed by atoms with van der Waals surface area (Å²) in [6.07, 6.45) is 6.65. The van der Waals surface area contributed by atoms with Crippen molar-refractivity contribution in [3.63, 3.8) is 0 Å². The minimum absolute atomic E-state index is 0.271. The highest BCUT2D eigenvalue weighted by atomic mass is 16.5. The van der Waals surface area contributed by atoms with Gasteiger partial charge in [-0.2, -0.15) is 0 Å². The molecule has 2 nitrogen and oxygen atoms in total. The van der Waals surface area contributed by atoms with Crippen LogP contribution < -0.4 is 4.74 Å². The summed E-state index contributed by atoms with van der Waals surface area (Å²) in [4.78, 5) is 0. The zero-order valence-corrected chi connectivity index (χ0v) is 15.5. The van der Waals surface area contributed by atoms with Crippen molar-refractivity contribution in [2.45, 2.75) is 52.1 Å². The highest BCUT2D eigenvalue weighted by Crippen LogP contribution is 2.33. The Morgan fingerprint density at radius 3 is 2.16 bits per heavy atom. The Morgan fingerprint density at radius 1 is 0.920 bits per heavy atom. The van der Waals surface area contributed by atoms with Gasteiger partial charge in [-0.1, -0.05) is 56.2 Å². The maximum atomic E-state index is 6.15. The van der Waals surface area contributed by atoms with Crippen LogP contribution >= 0.6 is 0 Å². The van der Waals surface area contributed by atoms with E-state index in [0.29, 0.717) is 6.61 Å². The molecule has 0 N–H and O–H groups in total. The van der Waals surface area contributed by atoms with Crippen LogP contribution in [0.25, 0.3) is 11.1 Å². The Morgan fingerprint density at radius 2 is 1.60 bits per heavy atom. The van der Waals surface area contributed by atoms with Crippen LogP contribution in [0.2, 0.25) is 0 Å². The van der Waals surface area contributed by atoms with Gasteiger partial charge in [0.1, 0.15) is 5.75 Å². The van der Waals surface area contributed by atoms with E-state index < -0.39 is 0 Å². The minimum atomic E-state index is 0.271. The Bertz CT molecular complexity index is 622. The highest BCUT2D eigenvalue weighted by molar-refractivity contribution is 5.64. The predicted octanol–water partition coefficient (Wildman–Crippen LogP) is 6.41. The first-order valence-electron chi connectivity index (χ1n) is 9.75. The molecule has 0 radical (unpaired) electrons. The second kappa shape index (κ2) is 9.05. The first-order valence-corrected chi connectivity index (χ1v) is 9.75. The molecule has 2 aromatic carbocycles. The van der Waals surface area contributed by atoms with E-state index in [9.17, 15) is 0 Å². The van der Waals surface area contributed by atoms with Gasteiger partial charge in [0.25, 0.3) is 0 Å². The zero-order chi connectivity index (χ0) is 17.5. The lowest BCUT2D eigenvalue weighted by Gasteiger charge is -2.29. The van der Waals surface area contributed by atoms with Gasteiger partial charge in [0.2, 0.25) is 0 Å². The van der Waals surface area contributed by atoms with Crippen LogP contribution in [-0.4, -0.2) is 13.2 Å². The van der Waals surface area contributed by atoms with E-state index in [1.54, 1.807) is 0 Å². The number of hydrogen-bond donors (Lipinski definition) is 0. The molecule has 134 valence electrons. The topological polar surface area (TPSA) is 18.5 Å². The van der Waals surface area contributed by atoms with Gasteiger partial charge in [-0.25, -0.2) is 0 Å². The predicted molar refractivity (Wildman–Crippen MR) is 104 cm³/mol. The van der Waals surface area contributed by atoms with Crippen molar-refractivity contribution < 1.29 is 9.47 Å². The summed E-state index contributed by atoms with van der Waals surface area (Å²) < 4.78 is 11.7. The Kier molecular flexibility index (Phi) is 6.52. The molecular weight excluding hydrogens is 308 g/mol. The Labute approximate surface area is 152 Å². The maximum absolute atomic E-state index is 6.15. The van der Waals surface area contributed by atoms with Crippen LogP contribution in [0.15, 0.2) is 48.5 Å². The van der Waals surface area contributed by atoms with Gasteiger partial charge in [-0.3, -0.25) is 0 Å². The van der Waals surface area contributed by atoms with E-state index in [1.165, 1.54) is 42.4 Å². The molecule has 1 heterocycles. The third-order valence-corrected chi connectivity index (χ3v) is 5.12. The molecule has 1 fully saturated rings. The van der Waals surface area contributed by atoms with Crippen molar-refractivity contribution >= 4 is 0 Å². The summed E-state index contributed by atoms with van der Waals surface area (Å²) in [5.41, 5.74) is 3.77. The summed E-state index contributed by atoms with van der Waals surface area (Å²) in [6, 6.07) is 17.2. The SMILES string of the molecule is CCCCC1CCC(c2ccc(-c3ccc(OCC)cc3)cc2)OC1. The number of hydrogen-bond acceptors (Lipinski definition) is 2. The maximum Gasteiger partial charge on any atom is 0.119 e. The average molecular weight is 338 g/mol. The molecule has 2 aromatic rings. The van der Waals surface area contributed by atoms with E-state index in [4.69, 9.17) is 9.47 Å². The molecule has 2 unspecified atom stereocenters. The van der Waals surface area contributed by atoms with Gasteiger partial charge in [-0.05, 0) is 60.9 Å². The number of ether oxygens (including phenoxy) is 2. The number of rotatable bonds is 7. The summed E-state index contributed by atoms with van der Waals surface area (Å²) >= 11 is 0. The van der Waals surface area contributed by atoms with E-state index >= 15 is 0 Å². The summed E-state index contributed by atoms with van der Waals surface area (Å²) in [5.74, 6) is 1.69. The molecule has 0 aromatic heterocycles. The highest BCUT2D eigenvalue weighted by Gasteiger charge is 2.22.